The van der Waals surface area contributed by atoms with Gasteiger partial charge in [-0.15, -0.1) is 0 Å². The van der Waals surface area contributed by atoms with Crippen LogP contribution in [0.2, 0.25) is 0 Å². The molecule has 122 valence electrons. The summed E-state index contributed by atoms with van der Waals surface area (Å²) < 4.78 is 5.38. The maximum absolute atomic E-state index is 9.65. The molecule has 1 N–H and O–H groups in total. The van der Waals surface area contributed by atoms with Crippen LogP contribution in [0, 0.1) is 0 Å². The first-order valence-electron chi connectivity index (χ1n) is 8.68. The van der Waals surface area contributed by atoms with E-state index in [2.05, 4.69) is 25.8 Å². The van der Waals surface area contributed by atoms with Crippen LogP contribution in [0.5, 0.6) is 0 Å². The van der Waals surface area contributed by atoms with Crippen molar-refractivity contribution >= 4 is 0 Å². The second-order valence-corrected chi connectivity index (χ2v) is 5.89. The normalized spacial score (nSPS) is 13.1. The van der Waals surface area contributed by atoms with E-state index >= 15 is 0 Å². The van der Waals surface area contributed by atoms with Crippen molar-refractivity contribution in [3.05, 3.63) is 0 Å². The molecular weight excluding hydrogens is 250 g/mol. The molecule has 0 aliphatic heterocycles. The Labute approximate surface area is 126 Å². The predicted molar refractivity (Wildman–Crippen MR) is 87.0 cm³/mol. The molecule has 0 fully saturated rings. The summed E-state index contributed by atoms with van der Waals surface area (Å²) in [6, 6.07) is 0. The van der Waals surface area contributed by atoms with Gasteiger partial charge in [0.1, 0.15) is 0 Å². The van der Waals surface area contributed by atoms with Crippen molar-refractivity contribution in [2.24, 2.45) is 0 Å². The van der Waals surface area contributed by atoms with Gasteiger partial charge >= 0.3 is 0 Å². The Hall–Kier alpha value is -0.120. The van der Waals surface area contributed by atoms with Gasteiger partial charge in [-0.25, -0.2) is 0 Å². The molecule has 0 aromatic heterocycles. The van der Waals surface area contributed by atoms with Gasteiger partial charge < -0.3 is 14.7 Å². The van der Waals surface area contributed by atoms with Crippen LogP contribution in [0.15, 0.2) is 0 Å². The monoisotopic (exact) mass is 287 g/mol. The van der Waals surface area contributed by atoms with E-state index in [1.807, 2.05) is 0 Å². The largest absolute Gasteiger partial charge is 0.368 e. The molecule has 0 aliphatic rings. The van der Waals surface area contributed by atoms with E-state index in [9.17, 15) is 5.11 Å². The number of aliphatic hydroxyl groups is 1. The summed E-state index contributed by atoms with van der Waals surface area (Å²) >= 11 is 0. The fraction of sp³-hybridized carbons (Fsp3) is 1.00. The average molecular weight is 287 g/mol. The van der Waals surface area contributed by atoms with E-state index in [-0.39, 0.29) is 0 Å². The molecule has 0 radical (unpaired) electrons. The quantitative estimate of drug-likeness (QED) is 0.362. The molecule has 0 spiro atoms. The van der Waals surface area contributed by atoms with Gasteiger partial charge in [0.2, 0.25) is 0 Å². The molecule has 0 amide bonds. The highest BCUT2D eigenvalue weighted by molar-refractivity contribution is 4.52. The van der Waals surface area contributed by atoms with Crippen LogP contribution in [-0.2, 0) is 4.74 Å². The molecule has 3 heteroatoms. The van der Waals surface area contributed by atoms with Crippen LogP contribution in [0.3, 0.4) is 0 Å². The zero-order chi connectivity index (χ0) is 15.1. The number of aliphatic hydroxyl groups excluding tert-OH is 1. The first-order valence-corrected chi connectivity index (χ1v) is 8.68. The fourth-order valence-electron chi connectivity index (χ4n) is 2.38. The summed E-state index contributed by atoms with van der Waals surface area (Å²) in [5.74, 6) is 0. The minimum Gasteiger partial charge on any atom is -0.368 e. The SMILES string of the molecule is CCCCCOC(O)CCCCCCCN(C)CCC. The molecule has 0 bridgehead atoms. The van der Waals surface area contributed by atoms with Crippen LogP contribution < -0.4 is 0 Å². The Morgan fingerprint density at radius 3 is 2.25 bits per heavy atom. The summed E-state index contributed by atoms with van der Waals surface area (Å²) in [7, 11) is 2.20. The standard InChI is InChI=1S/C17H37NO2/c1-4-6-12-16-20-17(19)13-10-8-7-9-11-15-18(3)14-5-2/h17,19H,4-16H2,1-3H3. The second kappa shape index (κ2) is 15.3. The van der Waals surface area contributed by atoms with E-state index in [1.165, 1.54) is 58.0 Å². The van der Waals surface area contributed by atoms with Crippen molar-refractivity contribution in [2.75, 3.05) is 26.7 Å². The molecule has 0 aliphatic carbocycles. The molecule has 3 nitrogen and oxygen atoms in total. The maximum Gasteiger partial charge on any atom is 0.154 e. The lowest BCUT2D eigenvalue weighted by molar-refractivity contribution is -0.105. The van der Waals surface area contributed by atoms with Crippen molar-refractivity contribution in [3.63, 3.8) is 0 Å². The smallest absolute Gasteiger partial charge is 0.154 e. The highest BCUT2D eigenvalue weighted by atomic mass is 16.6. The Kier molecular flexibility index (Phi) is 15.2. The molecule has 0 rings (SSSR count). The zero-order valence-electron chi connectivity index (χ0n) is 14.1. The van der Waals surface area contributed by atoms with Crippen LogP contribution >= 0.6 is 0 Å². The third-order valence-corrected chi connectivity index (χ3v) is 3.65. The average Bonchev–Trinajstić information content (AvgIpc) is 2.43. The lowest BCUT2D eigenvalue weighted by Gasteiger charge is -2.15. The van der Waals surface area contributed by atoms with E-state index in [0.29, 0.717) is 6.61 Å². The van der Waals surface area contributed by atoms with Gasteiger partial charge in [-0.1, -0.05) is 46.0 Å². The summed E-state index contributed by atoms with van der Waals surface area (Å²) in [4.78, 5) is 2.41. The van der Waals surface area contributed by atoms with Gasteiger partial charge in [-0.05, 0) is 52.2 Å². The van der Waals surface area contributed by atoms with E-state index in [1.54, 1.807) is 0 Å². The Bertz CT molecular complexity index is 188. The van der Waals surface area contributed by atoms with Gasteiger partial charge in [0, 0.05) is 6.61 Å². The second-order valence-electron chi connectivity index (χ2n) is 5.89. The molecule has 0 saturated heterocycles. The molecular formula is C17H37NO2. The number of rotatable bonds is 15. The van der Waals surface area contributed by atoms with Gasteiger partial charge in [0.15, 0.2) is 6.29 Å². The van der Waals surface area contributed by atoms with Crippen molar-refractivity contribution in [3.8, 4) is 0 Å². The molecule has 1 unspecified atom stereocenters. The Balaban J connectivity index is 3.18. The minimum absolute atomic E-state index is 0.539. The van der Waals surface area contributed by atoms with Crippen molar-refractivity contribution in [2.45, 2.75) is 84.3 Å². The number of hydrogen-bond donors (Lipinski definition) is 1. The molecule has 0 saturated carbocycles. The molecule has 0 heterocycles. The molecule has 0 aromatic carbocycles. The number of ether oxygens (including phenoxy) is 1. The van der Waals surface area contributed by atoms with Crippen molar-refractivity contribution in [1.29, 1.82) is 0 Å². The minimum atomic E-state index is -0.539. The first-order chi connectivity index (χ1) is 9.70. The van der Waals surface area contributed by atoms with Gasteiger partial charge in [-0.3, -0.25) is 0 Å². The predicted octanol–water partition coefficient (Wildman–Crippen LogP) is 4.19. The molecule has 0 aromatic rings. The van der Waals surface area contributed by atoms with Gasteiger partial charge in [-0.2, -0.15) is 0 Å². The number of nitrogens with zero attached hydrogens (tertiary/aromatic N) is 1. The summed E-state index contributed by atoms with van der Waals surface area (Å²) in [6.07, 6.45) is 11.1. The van der Waals surface area contributed by atoms with Gasteiger partial charge in [0.25, 0.3) is 0 Å². The number of unbranched alkanes of at least 4 members (excludes halogenated alkanes) is 6. The van der Waals surface area contributed by atoms with Crippen molar-refractivity contribution in [1.82, 2.24) is 4.90 Å². The van der Waals surface area contributed by atoms with Crippen LogP contribution in [0.25, 0.3) is 0 Å². The lowest BCUT2D eigenvalue weighted by Crippen LogP contribution is -2.20. The zero-order valence-corrected chi connectivity index (χ0v) is 14.1. The third kappa shape index (κ3) is 14.3. The summed E-state index contributed by atoms with van der Waals surface area (Å²) in [5.41, 5.74) is 0. The molecule has 1 atom stereocenters. The lowest BCUT2D eigenvalue weighted by atomic mass is 10.1. The molecule has 20 heavy (non-hydrogen) atoms. The third-order valence-electron chi connectivity index (χ3n) is 3.65. The van der Waals surface area contributed by atoms with Crippen LogP contribution in [0.1, 0.15) is 78.1 Å². The summed E-state index contributed by atoms with van der Waals surface area (Å²) in [5, 5.41) is 9.65. The maximum atomic E-state index is 9.65. The topological polar surface area (TPSA) is 32.7 Å². The van der Waals surface area contributed by atoms with Crippen molar-refractivity contribution < 1.29 is 9.84 Å². The fourth-order valence-corrected chi connectivity index (χ4v) is 2.38. The van der Waals surface area contributed by atoms with Gasteiger partial charge in [0.05, 0.1) is 0 Å². The van der Waals surface area contributed by atoms with Crippen LogP contribution in [0.4, 0.5) is 0 Å². The Morgan fingerprint density at radius 1 is 0.850 bits per heavy atom. The summed E-state index contributed by atoms with van der Waals surface area (Å²) in [6.45, 7) is 7.54. The van der Waals surface area contributed by atoms with E-state index in [0.717, 1.165) is 19.3 Å². The first kappa shape index (κ1) is 19.9. The van der Waals surface area contributed by atoms with Crippen LogP contribution in [-0.4, -0.2) is 43.0 Å². The highest BCUT2D eigenvalue weighted by Crippen LogP contribution is 2.09. The highest BCUT2D eigenvalue weighted by Gasteiger charge is 2.03. The number of hydrogen-bond acceptors (Lipinski definition) is 3. The van der Waals surface area contributed by atoms with E-state index in [4.69, 9.17) is 4.74 Å². The van der Waals surface area contributed by atoms with E-state index < -0.39 is 6.29 Å². The Morgan fingerprint density at radius 2 is 1.55 bits per heavy atom.